The number of carbonyl (C=O) groups is 1. The maximum atomic E-state index is 11.7. The molecular weight excluding hydrogens is 196 g/mol. The summed E-state index contributed by atoms with van der Waals surface area (Å²) in [6, 6.07) is 0.198. The van der Waals surface area contributed by atoms with Crippen LogP contribution in [0.5, 0.6) is 0 Å². The SMILES string of the molecule is O=C(C1CC1)N1CCC[C@H](N=C=S)C1. The molecule has 0 radical (unpaired) electrons. The lowest BCUT2D eigenvalue weighted by Crippen LogP contribution is -2.42. The predicted molar refractivity (Wildman–Crippen MR) is 57.4 cm³/mol. The molecule has 0 bridgehead atoms. The minimum absolute atomic E-state index is 0.198. The fourth-order valence-electron chi connectivity index (χ4n) is 1.92. The molecule has 76 valence electrons. The lowest BCUT2D eigenvalue weighted by Gasteiger charge is -2.30. The highest BCUT2D eigenvalue weighted by molar-refractivity contribution is 7.78. The van der Waals surface area contributed by atoms with Crippen molar-refractivity contribution in [2.24, 2.45) is 10.9 Å². The first-order valence-corrected chi connectivity index (χ1v) is 5.58. The van der Waals surface area contributed by atoms with Gasteiger partial charge in [-0.2, -0.15) is 0 Å². The quantitative estimate of drug-likeness (QED) is 0.511. The highest BCUT2D eigenvalue weighted by Gasteiger charge is 2.35. The van der Waals surface area contributed by atoms with E-state index < -0.39 is 0 Å². The first-order chi connectivity index (χ1) is 6.81. The molecule has 0 aromatic carbocycles. The number of isothiocyanates is 1. The Morgan fingerprint density at radius 2 is 2.21 bits per heavy atom. The van der Waals surface area contributed by atoms with Gasteiger partial charge < -0.3 is 4.90 Å². The molecule has 1 saturated carbocycles. The van der Waals surface area contributed by atoms with Crippen molar-refractivity contribution < 1.29 is 4.79 Å². The van der Waals surface area contributed by atoms with Crippen LogP contribution in [0.25, 0.3) is 0 Å². The van der Waals surface area contributed by atoms with Gasteiger partial charge in [0.15, 0.2) is 0 Å². The van der Waals surface area contributed by atoms with Crippen LogP contribution in [0.4, 0.5) is 0 Å². The summed E-state index contributed by atoms with van der Waals surface area (Å²) in [4.78, 5) is 17.8. The molecule has 14 heavy (non-hydrogen) atoms. The molecule has 2 aliphatic rings. The van der Waals surface area contributed by atoms with Crippen LogP contribution in [-0.4, -0.2) is 35.1 Å². The van der Waals surface area contributed by atoms with E-state index in [9.17, 15) is 4.79 Å². The topological polar surface area (TPSA) is 32.7 Å². The molecule has 0 N–H and O–H groups in total. The van der Waals surface area contributed by atoms with Crippen LogP contribution in [0.1, 0.15) is 25.7 Å². The Hall–Kier alpha value is -0.730. The fraction of sp³-hybridized carbons (Fsp3) is 0.800. The van der Waals surface area contributed by atoms with Crippen molar-refractivity contribution in [2.75, 3.05) is 13.1 Å². The Morgan fingerprint density at radius 3 is 2.86 bits per heavy atom. The molecule has 0 aromatic heterocycles. The average molecular weight is 210 g/mol. The number of nitrogens with zero attached hydrogens (tertiary/aromatic N) is 2. The van der Waals surface area contributed by atoms with Gasteiger partial charge in [-0.3, -0.25) is 4.79 Å². The van der Waals surface area contributed by atoms with Gasteiger partial charge in [0.1, 0.15) is 0 Å². The second-order valence-electron chi connectivity index (χ2n) is 4.07. The molecule has 3 nitrogen and oxygen atoms in total. The second-order valence-corrected chi connectivity index (χ2v) is 4.26. The third kappa shape index (κ3) is 2.20. The van der Waals surface area contributed by atoms with E-state index in [1.165, 1.54) is 0 Å². The molecule has 0 spiro atoms. The van der Waals surface area contributed by atoms with Gasteiger partial charge in [-0.1, -0.05) is 0 Å². The Kier molecular flexibility index (Phi) is 2.94. The first kappa shape index (κ1) is 9.81. The minimum Gasteiger partial charge on any atom is -0.340 e. The highest BCUT2D eigenvalue weighted by atomic mass is 32.1. The number of hydrogen-bond acceptors (Lipinski definition) is 3. The Labute approximate surface area is 89.2 Å². The van der Waals surface area contributed by atoms with E-state index in [2.05, 4.69) is 22.4 Å². The van der Waals surface area contributed by atoms with Crippen molar-refractivity contribution in [3.63, 3.8) is 0 Å². The van der Waals surface area contributed by atoms with Gasteiger partial charge in [-0.15, -0.1) is 0 Å². The van der Waals surface area contributed by atoms with Gasteiger partial charge >= 0.3 is 0 Å². The largest absolute Gasteiger partial charge is 0.340 e. The van der Waals surface area contributed by atoms with Gasteiger partial charge in [0.2, 0.25) is 5.91 Å². The van der Waals surface area contributed by atoms with E-state index in [1.807, 2.05) is 4.90 Å². The van der Waals surface area contributed by atoms with Gasteiger partial charge in [0, 0.05) is 19.0 Å². The number of piperidine rings is 1. The van der Waals surface area contributed by atoms with Crippen LogP contribution in [0, 0.1) is 5.92 Å². The molecule has 1 saturated heterocycles. The summed E-state index contributed by atoms with van der Waals surface area (Å²) in [6.45, 7) is 1.65. The van der Waals surface area contributed by atoms with E-state index in [0.717, 1.165) is 38.8 Å². The summed E-state index contributed by atoms with van der Waals surface area (Å²) in [5.41, 5.74) is 0. The fourth-order valence-corrected chi connectivity index (χ4v) is 2.07. The highest BCUT2D eigenvalue weighted by Crippen LogP contribution is 2.32. The zero-order valence-electron chi connectivity index (χ0n) is 8.11. The number of amides is 1. The van der Waals surface area contributed by atoms with E-state index >= 15 is 0 Å². The van der Waals surface area contributed by atoms with Crippen molar-refractivity contribution in [3.05, 3.63) is 0 Å². The van der Waals surface area contributed by atoms with Crippen LogP contribution in [-0.2, 0) is 4.79 Å². The molecule has 0 aromatic rings. The lowest BCUT2D eigenvalue weighted by molar-refractivity contribution is -0.133. The number of carbonyl (C=O) groups excluding carboxylic acids is 1. The number of rotatable bonds is 2. The Morgan fingerprint density at radius 1 is 1.43 bits per heavy atom. The normalized spacial score (nSPS) is 26.9. The molecule has 2 rings (SSSR count). The molecule has 1 heterocycles. The van der Waals surface area contributed by atoms with Crippen molar-refractivity contribution >= 4 is 23.3 Å². The van der Waals surface area contributed by atoms with Crippen molar-refractivity contribution in [1.82, 2.24) is 4.90 Å². The molecule has 4 heteroatoms. The molecular formula is C10H14N2OS. The van der Waals surface area contributed by atoms with Crippen LogP contribution >= 0.6 is 12.2 Å². The summed E-state index contributed by atoms with van der Waals surface area (Å²) < 4.78 is 0. The summed E-state index contributed by atoms with van der Waals surface area (Å²) >= 11 is 4.58. The molecule has 1 atom stereocenters. The molecule has 2 fully saturated rings. The minimum atomic E-state index is 0.198. The van der Waals surface area contributed by atoms with Crippen LogP contribution in [0.15, 0.2) is 4.99 Å². The number of likely N-dealkylation sites (tertiary alicyclic amines) is 1. The van der Waals surface area contributed by atoms with Crippen molar-refractivity contribution in [1.29, 1.82) is 0 Å². The molecule has 0 unspecified atom stereocenters. The molecule has 1 aliphatic carbocycles. The second kappa shape index (κ2) is 4.20. The van der Waals surface area contributed by atoms with Crippen molar-refractivity contribution in [3.8, 4) is 0 Å². The smallest absolute Gasteiger partial charge is 0.225 e. The van der Waals surface area contributed by atoms with Gasteiger partial charge in [-0.05, 0) is 37.9 Å². The molecule has 1 amide bonds. The predicted octanol–water partition coefficient (Wildman–Crippen LogP) is 1.49. The zero-order valence-corrected chi connectivity index (χ0v) is 8.92. The first-order valence-electron chi connectivity index (χ1n) is 5.17. The van der Waals surface area contributed by atoms with Crippen molar-refractivity contribution in [2.45, 2.75) is 31.7 Å². The van der Waals surface area contributed by atoms with Crippen LogP contribution < -0.4 is 0 Å². The number of aliphatic imine (C=N–C) groups is 1. The lowest BCUT2D eigenvalue weighted by atomic mass is 10.1. The van der Waals surface area contributed by atoms with E-state index in [1.54, 1.807) is 0 Å². The van der Waals surface area contributed by atoms with E-state index in [-0.39, 0.29) is 6.04 Å². The summed E-state index contributed by atoms with van der Waals surface area (Å²) in [5, 5.41) is 2.41. The van der Waals surface area contributed by atoms with Crippen LogP contribution in [0.2, 0.25) is 0 Å². The summed E-state index contributed by atoms with van der Waals surface area (Å²) in [5.74, 6) is 0.652. The Bertz CT molecular complexity index is 282. The van der Waals surface area contributed by atoms with Gasteiger partial charge in [-0.25, -0.2) is 4.99 Å². The third-order valence-corrected chi connectivity index (χ3v) is 2.98. The zero-order chi connectivity index (χ0) is 9.97. The van der Waals surface area contributed by atoms with Crippen LogP contribution in [0.3, 0.4) is 0 Å². The van der Waals surface area contributed by atoms with Gasteiger partial charge in [0.25, 0.3) is 0 Å². The van der Waals surface area contributed by atoms with Gasteiger partial charge in [0.05, 0.1) is 11.2 Å². The summed E-state index contributed by atoms with van der Waals surface area (Å²) in [6.07, 6.45) is 4.24. The number of hydrogen-bond donors (Lipinski definition) is 0. The molecule has 1 aliphatic heterocycles. The van der Waals surface area contributed by atoms with E-state index in [0.29, 0.717) is 11.8 Å². The maximum absolute atomic E-state index is 11.7. The number of thiocarbonyl (C=S) groups is 1. The average Bonchev–Trinajstić information content (AvgIpc) is 3.01. The Balaban J connectivity index is 1.92. The summed E-state index contributed by atoms with van der Waals surface area (Å²) in [7, 11) is 0. The van der Waals surface area contributed by atoms with E-state index in [4.69, 9.17) is 0 Å². The monoisotopic (exact) mass is 210 g/mol. The maximum Gasteiger partial charge on any atom is 0.225 e. The standard InChI is InChI=1S/C10H14N2OS/c13-10(8-3-4-8)12-5-1-2-9(6-12)11-7-14/h8-9H,1-6H2/t9-/m0/s1. The third-order valence-electron chi connectivity index (χ3n) is 2.87.